The number of allylic oxidation sites excluding steroid dienone is 4. The second-order valence-electron chi connectivity index (χ2n) is 17.8. The number of hydrogen-bond donors (Lipinski definition) is 0. The van der Waals surface area contributed by atoms with E-state index in [1.165, 1.54) is 124 Å². The summed E-state index contributed by atoms with van der Waals surface area (Å²) < 4.78 is 5.10. The van der Waals surface area contributed by atoms with Crippen molar-refractivity contribution in [1.29, 1.82) is 0 Å². The molecule has 0 saturated heterocycles. The lowest BCUT2D eigenvalue weighted by atomic mass is 9.69. The highest BCUT2D eigenvalue weighted by Crippen LogP contribution is 2.49. The van der Waals surface area contributed by atoms with E-state index in [2.05, 4.69) is 241 Å². The van der Waals surface area contributed by atoms with Gasteiger partial charge in [-0.25, -0.2) is 0 Å². The molecule has 0 aliphatic heterocycles. The van der Waals surface area contributed by atoms with Crippen LogP contribution in [0.3, 0.4) is 0 Å². The molecule has 2 heterocycles. The van der Waals surface area contributed by atoms with Crippen LogP contribution in [0.4, 0.5) is 0 Å². The van der Waals surface area contributed by atoms with E-state index < -0.39 is 0 Å². The Morgan fingerprint density at radius 3 is 1.56 bits per heavy atom. The molecule has 1 nitrogen and oxygen atoms in total. The van der Waals surface area contributed by atoms with Gasteiger partial charge in [-0.05, 0) is 107 Å². The summed E-state index contributed by atoms with van der Waals surface area (Å²) in [5.41, 5.74) is 14.2. The summed E-state index contributed by atoms with van der Waals surface area (Å²) >= 11 is 1.94. The summed E-state index contributed by atoms with van der Waals surface area (Å²) in [6.07, 6.45) is 9.45. The predicted octanol–water partition coefficient (Wildman–Crippen LogP) is 15.6. The molecule has 2 aliphatic rings. The zero-order valence-electron chi connectivity index (χ0n) is 36.0. The molecule has 0 radical (unpaired) electrons. The van der Waals surface area contributed by atoms with Gasteiger partial charge in [0.2, 0.25) is 0 Å². The van der Waals surface area contributed by atoms with Crippen molar-refractivity contribution in [3.05, 3.63) is 258 Å². The Hall–Kier alpha value is -8.04. The lowest BCUT2D eigenvalue weighted by Crippen LogP contribution is -2.40. The van der Waals surface area contributed by atoms with Crippen molar-refractivity contribution >= 4 is 86.0 Å². The molecule has 2 aliphatic carbocycles. The van der Waals surface area contributed by atoms with Crippen LogP contribution in [-0.4, -0.2) is 4.57 Å². The normalized spacial score (nSPS) is 15.7. The maximum Gasteiger partial charge on any atom is 0.0547 e. The fourth-order valence-corrected chi connectivity index (χ4v) is 13.0. The van der Waals surface area contributed by atoms with Crippen molar-refractivity contribution in [3.63, 3.8) is 0 Å². The maximum atomic E-state index is 2.46. The standard InChI is InChI=1S/C64H41NS/c1-3-19-40(20-4-1)59-44-23-7-9-25-46(44)60(47-26-10-8-24-45(47)59)41-37-38-43-52-32-17-34-55(64(52)66-58(43)39-41)62-50-29-13-11-27-48(50)61(49-28-12-14-30-51(49)62)54-33-18-36-57-63(54)53-31-15-16-35-56(53)65(57)42-21-5-2-6-22-42/h1-39,48,50H. The van der Waals surface area contributed by atoms with Crippen LogP contribution in [0.1, 0.15) is 11.1 Å². The van der Waals surface area contributed by atoms with Crippen molar-refractivity contribution in [1.82, 2.24) is 4.57 Å². The number of para-hydroxylation sites is 2. The van der Waals surface area contributed by atoms with Gasteiger partial charge >= 0.3 is 0 Å². The van der Waals surface area contributed by atoms with E-state index in [4.69, 9.17) is 0 Å². The van der Waals surface area contributed by atoms with Gasteiger partial charge in [-0.3, -0.25) is 0 Å². The van der Waals surface area contributed by atoms with E-state index in [1.54, 1.807) is 0 Å². The maximum absolute atomic E-state index is 2.46. The van der Waals surface area contributed by atoms with Crippen molar-refractivity contribution in [2.24, 2.45) is 11.8 Å². The molecule has 2 atom stereocenters. The topological polar surface area (TPSA) is 4.93 Å². The van der Waals surface area contributed by atoms with Gasteiger partial charge in [-0.15, -0.1) is 11.3 Å². The minimum Gasteiger partial charge on any atom is -0.309 e. The molecule has 0 amide bonds. The summed E-state index contributed by atoms with van der Waals surface area (Å²) in [5, 5.41) is 13.0. The van der Waals surface area contributed by atoms with Gasteiger partial charge in [0.15, 0.2) is 0 Å². The summed E-state index contributed by atoms with van der Waals surface area (Å²) in [6.45, 7) is 0. The lowest BCUT2D eigenvalue weighted by Gasteiger charge is -2.33. The van der Waals surface area contributed by atoms with Crippen molar-refractivity contribution in [2.75, 3.05) is 0 Å². The summed E-state index contributed by atoms with van der Waals surface area (Å²) in [4.78, 5) is 0. The Kier molecular flexibility index (Phi) is 8.35. The molecule has 2 aromatic heterocycles. The highest BCUT2D eigenvalue weighted by atomic mass is 32.1. The van der Waals surface area contributed by atoms with Gasteiger partial charge in [0.25, 0.3) is 0 Å². The quantitative estimate of drug-likeness (QED) is 0.152. The van der Waals surface area contributed by atoms with Crippen molar-refractivity contribution < 1.29 is 0 Å². The molecule has 0 bridgehead atoms. The SMILES string of the molecule is C1=CC2C(c3cccc4c3sc3cc(-c5c6ccccc6c(-c6ccccc6)c6ccccc56)ccc34)=c3ccccc3=C(c3cccc4c3c3ccccc3n4-c3ccccc3)C2C=C1. The fraction of sp³-hybridized carbons (Fsp3) is 0.0312. The van der Waals surface area contributed by atoms with E-state index in [-0.39, 0.29) is 11.8 Å². The van der Waals surface area contributed by atoms with Crippen LogP contribution in [-0.2, 0) is 0 Å². The first kappa shape index (κ1) is 37.3. The molecular weight excluding hydrogens is 815 g/mol. The fourth-order valence-electron chi connectivity index (χ4n) is 11.7. The average molecular weight is 856 g/mol. The van der Waals surface area contributed by atoms with Crippen LogP contribution >= 0.6 is 11.3 Å². The van der Waals surface area contributed by atoms with Gasteiger partial charge in [0.1, 0.15) is 0 Å². The molecule has 12 aromatic rings. The van der Waals surface area contributed by atoms with E-state index in [1.807, 2.05) is 11.3 Å². The molecule has 0 N–H and O–H groups in total. The summed E-state index contributed by atoms with van der Waals surface area (Å²) in [6, 6.07) is 78.9. The second-order valence-corrected chi connectivity index (χ2v) is 18.8. The Morgan fingerprint density at radius 1 is 0.364 bits per heavy atom. The Labute approximate surface area is 386 Å². The van der Waals surface area contributed by atoms with Gasteiger partial charge in [0, 0.05) is 48.5 Å². The molecule has 66 heavy (non-hydrogen) atoms. The third kappa shape index (κ3) is 5.46. The van der Waals surface area contributed by atoms with E-state index >= 15 is 0 Å². The van der Waals surface area contributed by atoms with Gasteiger partial charge in [-0.2, -0.15) is 0 Å². The molecule has 308 valence electrons. The molecule has 10 aromatic carbocycles. The van der Waals surface area contributed by atoms with E-state index in [0.717, 1.165) is 0 Å². The molecule has 0 fully saturated rings. The third-order valence-electron chi connectivity index (χ3n) is 14.4. The number of nitrogens with zero attached hydrogens (tertiary/aromatic N) is 1. The first-order valence-electron chi connectivity index (χ1n) is 23.0. The van der Waals surface area contributed by atoms with Crippen molar-refractivity contribution in [2.45, 2.75) is 0 Å². The molecular formula is C64H41NS. The zero-order chi connectivity index (χ0) is 43.3. The second kappa shape index (κ2) is 14.8. The minimum atomic E-state index is 0.154. The van der Waals surface area contributed by atoms with Gasteiger partial charge in [0.05, 0.1) is 11.0 Å². The van der Waals surface area contributed by atoms with Gasteiger partial charge < -0.3 is 4.57 Å². The monoisotopic (exact) mass is 855 g/mol. The predicted molar refractivity (Wildman–Crippen MR) is 282 cm³/mol. The van der Waals surface area contributed by atoms with Gasteiger partial charge in [-0.1, -0.05) is 206 Å². The van der Waals surface area contributed by atoms with Crippen LogP contribution in [0, 0.1) is 11.8 Å². The van der Waals surface area contributed by atoms with Crippen LogP contribution in [0.15, 0.2) is 237 Å². The Balaban J connectivity index is 1.01. The Morgan fingerprint density at radius 2 is 0.879 bits per heavy atom. The van der Waals surface area contributed by atoms with Crippen LogP contribution in [0.5, 0.6) is 0 Å². The van der Waals surface area contributed by atoms with Crippen LogP contribution in [0.25, 0.3) is 103 Å². The minimum absolute atomic E-state index is 0.154. The number of thiophene rings is 1. The molecule has 2 heteroatoms. The third-order valence-corrected chi connectivity index (χ3v) is 15.6. The molecule has 2 unspecified atom stereocenters. The first-order valence-corrected chi connectivity index (χ1v) is 23.8. The highest BCUT2D eigenvalue weighted by Gasteiger charge is 2.34. The first-order chi connectivity index (χ1) is 32.8. The zero-order valence-corrected chi connectivity index (χ0v) is 36.8. The number of hydrogen-bond acceptors (Lipinski definition) is 1. The number of fused-ring (bicyclic) bond motifs is 10. The summed E-state index contributed by atoms with van der Waals surface area (Å²) in [5.74, 6) is 0.311. The lowest BCUT2D eigenvalue weighted by molar-refractivity contribution is 0.688. The average Bonchev–Trinajstić information content (AvgIpc) is 3.93. The number of benzene rings is 10. The van der Waals surface area contributed by atoms with Crippen LogP contribution < -0.4 is 10.4 Å². The summed E-state index contributed by atoms with van der Waals surface area (Å²) in [7, 11) is 0. The molecule has 0 saturated carbocycles. The molecule has 0 spiro atoms. The van der Waals surface area contributed by atoms with E-state index in [9.17, 15) is 0 Å². The Bertz CT molecular complexity index is 4110. The largest absolute Gasteiger partial charge is 0.309 e. The smallest absolute Gasteiger partial charge is 0.0547 e. The van der Waals surface area contributed by atoms with Crippen molar-refractivity contribution in [3.8, 4) is 27.9 Å². The highest BCUT2D eigenvalue weighted by molar-refractivity contribution is 7.26. The number of rotatable bonds is 5. The van der Waals surface area contributed by atoms with E-state index in [0.29, 0.717) is 0 Å². The number of aromatic nitrogens is 1. The van der Waals surface area contributed by atoms with Crippen LogP contribution in [0.2, 0.25) is 0 Å². The molecule has 14 rings (SSSR count).